The van der Waals surface area contributed by atoms with Crippen LogP contribution in [0.5, 0.6) is 0 Å². The van der Waals surface area contributed by atoms with Gasteiger partial charge in [0.1, 0.15) is 0 Å². The van der Waals surface area contributed by atoms with E-state index in [-0.39, 0.29) is 17.9 Å². The average molecular weight is 296 g/mol. The van der Waals surface area contributed by atoms with Gasteiger partial charge in [0.25, 0.3) is 5.91 Å². The van der Waals surface area contributed by atoms with Crippen LogP contribution in [-0.4, -0.2) is 49.1 Å². The van der Waals surface area contributed by atoms with Gasteiger partial charge >= 0.3 is 0 Å². The van der Waals surface area contributed by atoms with Crippen LogP contribution < -0.4 is 5.32 Å². The van der Waals surface area contributed by atoms with Gasteiger partial charge in [-0.25, -0.2) is 0 Å². The summed E-state index contributed by atoms with van der Waals surface area (Å²) in [7, 11) is 0. The lowest BCUT2D eigenvalue weighted by Crippen LogP contribution is -2.46. The molecule has 6 heteroatoms. The second kappa shape index (κ2) is 7.40. The fraction of sp³-hybridized carbons (Fsp3) is 0.571. The maximum Gasteiger partial charge on any atom is 0.252 e. The molecule has 1 fully saturated rings. The van der Waals surface area contributed by atoms with Crippen LogP contribution in [-0.2, 0) is 9.53 Å². The van der Waals surface area contributed by atoms with Gasteiger partial charge in [-0.1, -0.05) is 0 Å². The van der Waals surface area contributed by atoms with E-state index in [0.717, 1.165) is 12.8 Å². The molecule has 0 spiro atoms. The fourth-order valence-corrected chi connectivity index (χ4v) is 3.02. The second-order valence-corrected chi connectivity index (χ2v) is 5.60. The number of rotatable bonds is 5. The molecule has 20 heavy (non-hydrogen) atoms. The van der Waals surface area contributed by atoms with Crippen LogP contribution in [0.15, 0.2) is 16.8 Å². The van der Waals surface area contributed by atoms with Crippen molar-refractivity contribution in [3.05, 3.63) is 22.4 Å². The van der Waals surface area contributed by atoms with E-state index in [1.165, 1.54) is 11.3 Å². The SMILES string of the molecule is CC(=O)N(CCNC(=O)c1ccsc1)C1CCOCC1. The number of carbonyl (C=O) groups is 2. The van der Waals surface area contributed by atoms with Gasteiger partial charge in [0.05, 0.1) is 0 Å². The van der Waals surface area contributed by atoms with Gasteiger partial charge < -0.3 is 15.0 Å². The second-order valence-electron chi connectivity index (χ2n) is 4.82. The van der Waals surface area contributed by atoms with Crippen molar-refractivity contribution in [1.82, 2.24) is 10.2 Å². The molecule has 1 aliphatic rings. The number of hydrogen-bond donors (Lipinski definition) is 1. The highest BCUT2D eigenvalue weighted by Crippen LogP contribution is 2.14. The van der Waals surface area contributed by atoms with Crippen LogP contribution in [0.3, 0.4) is 0 Å². The minimum Gasteiger partial charge on any atom is -0.381 e. The number of nitrogens with zero attached hydrogens (tertiary/aromatic N) is 1. The van der Waals surface area contributed by atoms with Crippen molar-refractivity contribution in [1.29, 1.82) is 0 Å². The van der Waals surface area contributed by atoms with E-state index in [1.807, 2.05) is 15.7 Å². The zero-order valence-corrected chi connectivity index (χ0v) is 12.4. The number of ether oxygens (including phenoxy) is 1. The molecular formula is C14H20N2O3S. The van der Waals surface area contributed by atoms with E-state index >= 15 is 0 Å². The Morgan fingerprint density at radius 1 is 1.45 bits per heavy atom. The molecule has 2 heterocycles. The number of amides is 2. The summed E-state index contributed by atoms with van der Waals surface area (Å²) >= 11 is 1.50. The highest BCUT2D eigenvalue weighted by molar-refractivity contribution is 7.08. The van der Waals surface area contributed by atoms with Crippen LogP contribution >= 0.6 is 11.3 Å². The van der Waals surface area contributed by atoms with Crippen molar-refractivity contribution in [3.63, 3.8) is 0 Å². The largest absolute Gasteiger partial charge is 0.381 e. The molecule has 0 bridgehead atoms. The molecule has 1 aliphatic heterocycles. The summed E-state index contributed by atoms with van der Waals surface area (Å²) in [6.07, 6.45) is 1.75. The number of hydrogen-bond acceptors (Lipinski definition) is 4. The smallest absolute Gasteiger partial charge is 0.252 e. The van der Waals surface area contributed by atoms with E-state index in [4.69, 9.17) is 4.74 Å². The molecule has 2 rings (SSSR count). The van der Waals surface area contributed by atoms with Crippen molar-refractivity contribution in [2.45, 2.75) is 25.8 Å². The first-order valence-corrected chi connectivity index (χ1v) is 7.78. The van der Waals surface area contributed by atoms with Crippen molar-refractivity contribution >= 4 is 23.2 Å². The molecule has 0 radical (unpaired) electrons. The molecular weight excluding hydrogens is 276 g/mol. The van der Waals surface area contributed by atoms with Crippen LogP contribution in [0, 0.1) is 0 Å². The highest BCUT2D eigenvalue weighted by Gasteiger charge is 2.23. The first kappa shape index (κ1) is 15.0. The summed E-state index contributed by atoms with van der Waals surface area (Å²) in [6, 6.07) is 2.03. The maximum absolute atomic E-state index is 11.8. The Hall–Kier alpha value is -1.40. The van der Waals surface area contributed by atoms with Gasteiger partial charge in [-0.2, -0.15) is 11.3 Å². The van der Waals surface area contributed by atoms with Crippen molar-refractivity contribution in [3.8, 4) is 0 Å². The minimum absolute atomic E-state index is 0.0571. The van der Waals surface area contributed by atoms with E-state index in [2.05, 4.69) is 5.32 Å². The first-order chi connectivity index (χ1) is 9.68. The van der Waals surface area contributed by atoms with Gasteiger partial charge in [-0.15, -0.1) is 0 Å². The third kappa shape index (κ3) is 4.05. The Labute approximate surface area is 122 Å². The molecule has 5 nitrogen and oxygen atoms in total. The van der Waals surface area contributed by atoms with Gasteiger partial charge in [0.15, 0.2) is 0 Å². The van der Waals surface area contributed by atoms with Gasteiger partial charge in [0, 0.05) is 50.2 Å². The Morgan fingerprint density at radius 2 is 2.20 bits per heavy atom. The Kier molecular flexibility index (Phi) is 5.55. The average Bonchev–Trinajstić information content (AvgIpc) is 2.98. The monoisotopic (exact) mass is 296 g/mol. The normalized spacial score (nSPS) is 15.8. The van der Waals surface area contributed by atoms with Crippen LogP contribution in [0.1, 0.15) is 30.1 Å². The Morgan fingerprint density at radius 3 is 2.80 bits per heavy atom. The van der Waals surface area contributed by atoms with E-state index < -0.39 is 0 Å². The predicted molar refractivity (Wildman–Crippen MR) is 77.9 cm³/mol. The van der Waals surface area contributed by atoms with Gasteiger partial charge in [-0.3, -0.25) is 9.59 Å². The minimum atomic E-state index is -0.0817. The number of nitrogens with one attached hydrogen (secondary N) is 1. The molecule has 1 saturated heterocycles. The third-order valence-electron chi connectivity index (χ3n) is 3.46. The van der Waals surface area contributed by atoms with E-state index in [1.54, 1.807) is 13.0 Å². The molecule has 0 unspecified atom stereocenters. The first-order valence-electron chi connectivity index (χ1n) is 6.84. The number of carbonyl (C=O) groups excluding carboxylic acids is 2. The zero-order valence-electron chi connectivity index (χ0n) is 11.6. The number of thiophene rings is 1. The molecule has 0 atom stereocenters. The van der Waals surface area contributed by atoms with Gasteiger partial charge in [0.2, 0.25) is 5.91 Å². The summed E-state index contributed by atoms with van der Waals surface area (Å²) in [4.78, 5) is 25.4. The van der Waals surface area contributed by atoms with Crippen LogP contribution in [0.4, 0.5) is 0 Å². The fourth-order valence-electron chi connectivity index (χ4n) is 2.38. The lowest BCUT2D eigenvalue weighted by molar-refractivity contribution is -0.132. The van der Waals surface area contributed by atoms with E-state index in [9.17, 15) is 9.59 Å². The third-order valence-corrected chi connectivity index (χ3v) is 4.14. The van der Waals surface area contributed by atoms with Gasteiger partial charge in [-0.05, 0) is 24.3 Å². The topological polar surface area (TPSA) is 58.6 Å². The lowest BCUT2D eigenvalue weighted by Gasteiger charge is -2.33. The predicted octanol–water partition coefficient (Wildman–Crippen LogP) is 1.51. The molecule has 1 aromatic heterocycles. The van der Waals surface area contributed by atoms with Crippen molar-refractivity contribution < 1.29 is 14.3 Å². The molecule has 0 aromatic carbocycles. The van der Waals surface area contributed by atoms with Crippen molar-refractivity contribution in [2.75, 3.05) is 26.3 Å². The van der Waals surface area contributed by atoms with Crippen LogP contribution in [0.2, 0.25) is 0 Å². The van der Waals surface area contributed by atoms with E-state index in [0.29, 0.717) is 31.9 Å². The summed E-state index contributed by atoms with van der Waals surface area (Å²) < 4.78 is 5.31. The molecule has 2 amide bonds. The van der Waals surface area contributed by atoms with Crippen LogP contribution in [0.25, 0.3) is 0 Å². The standard InChI is InChI=1S/C14H20N2O3S/c1-11(17)16(13-2-7-19-8-3-13)6-5-15-14(18)12-4-9-20-10-12/h4,9-10,13H,2-3,5-8H2,1H3,(H,15,18). The Balaban J connectivity index is 1.80. The lowest BCUT2D eigenvalue weighted by atomic mass is 10.1. The molecule has 0 aliphatic carbocycles. The molecule has 110 valence electrons. The summed E-state index contributed by atoms with van der Waals surface area (Å²) in [5, 5.41) is 6.54. The summed E-state index contributed by atoms with van der Waals surface area (Å²) in [5.74, 6) is -0.0246. The summed E-state index contributed by atoms with van der Waals surface area (Å²) in [6.45, 7) is 4.02. The zero-order chi connectivity index (χ0) is 14.4. The quantitative estimate of drug-likeness (QED) is 0.896. The molecule has 0 saturated carbocycles. The summed E-state index contributed by atoms with van der Waals surface area (Å²) in [5.41, 5.74) is 0.676. The van der Waals surface area contributed by atoms with Crippen molar-refractivity contribution in [2.24, 2.45) is 0 Å². The molecule has 1 aromatic rings. The highest BCUT2D eigenvalue weighted by atomic mass is 32.1. The molecule has 1 N–H and O–H groups in total. The maximum atomic E-state index is 11.8. The Bertz CT molecular complexity index is 441.